The van der Waals surface area contributed by atoms with Gasteiger partial charge in [0.25, 0.3) is 5.91 Å². The number of amides is 3. The Balaban J connectivity index is 2.09. The predicted molar refractivity (Wildman–Crippen MR) is 104 cm³/mol. The van der Waals surface area contributed by atoms with Crippen LogP contribution in [0.5, 0.6) is 0 Å². The van der Waals surface area contributed by atoms with Crippen molar-refractivity contribution in [2.75, 3.05) is 43.0 Å². The highest BCUT2D eigenvalue weighted by Gasteiger charge is 2.20. The molecule has 0 bridgehead atoms. The lowest BCUT2D eigenvalue weighted by molar-refractivity contribution is -0.141. The Labute approximate surface area is 159 Å². The highest BCUT2D eigenvalue weighted by molar-refractivity contribution is 6.02. The molecule has 1 aliphatic heterocycles. The van der Waals surface area contributed by atoms with Gasteiger partial charge in [-0.15, -0.1) is 0 Å². The molecule has 8 nitrogen and oxygen atoms in total. The first-order chi connectivity index (χ1) is 13.0. The molecule has 0 spiro atoms. The zero-order chi connectivity index (χ0) is 19.6. The Morgan fingerprint density at radius 3 is 2.52 bits per heavy atom. The van der Waals surface area contributed by atoms with Crippen molar-refractivity contribution in [2.24, 2.45) is 0 Å². The van der Waals surface area contributed by atoms with Crippen molar-refractivity contribution in [3.8, 4) is 0 Å². The van der Waals surface area contributed by atoms with Crippen molar-refractivity contribution in [3.05, 3.63) is 23.8 Å². The van der Waals surface area contributed by atoms with E-state index in [1.807, 2.05) is 13.0 Å². The molecule has 1 aromatic carbocycles. The van der Waals surface area contributed by atoms with Gasteiger partial charge < -0.3 is 25.6 Å². The van der Waals surface area contributed by atoms with E-state index in [-0.39, 0.29) is 19.1 Å². The second-order valence-electron chi connectivity index (χ2n) is 6.29. The van der Waals surface area contributed by atoms with Crippen LogP contribution in [0.1, 0.15) is 43.5 Å². The van der Waals surface area contributed by atoms with E-state index < -0.39 is 12.0 Å². The van der Waals surface area contributed by atoms with Gasteiger partial charge in [-0.3, -0.25) is 9.59 Å². The lowest BCUT2D eigenvalue weighted by Crippen LogP contribution is -2.34. The van der Waals surface area contributed by atoms with E-state index in [1.165, 1.54) is 0 Å². The largest absolute Gasteiger partial charge is 0.465 e. The Morgan fingerprint density at radius 2 is 1.85 bits per heavy atom. The van der Waals surface area contributed by atoms with Crippen molar-refractivity contribution < 1.29 is 19.1 Å². The summed E-state index contributed by atoms with van der Waals surface area (Å²) in [6, 6.07) is 4.75. The summed E-state index contributed by atoms with van der Waals surface area (Å²) in [6.07, 6.45) is 3.05. The van der Waals surface area contributed by atoms with Crippen molar-refractivity contribution in [1.29, 1.82) is 0 Å². The van der Waals surface area contributed by atoms with Crippen molar-refractivity contribution >= 4 is 29.3 Å². The molecule has 0 radical (unpaired) electrons. The molecule has 0 aliphatic carbocycles. The predicted octanol–water partition coefficient (Wildman–Crippen LogP) is 2.11. The van der Waals surface area contributed by atoms with Gasteiger partial charge in [-0.05, 0) is 44.4 Å². The van der Waals surface area contributed by atoms with Gasteiger partial charge in [0, 0.05) is 31.0 Å². The number of hydrogen-bond donors (Lipinski definition) is 3. The van der Waals surface area contributed by atoms with Gasteiger partial charge in [0.15, 0.2) is 0 Å². The molecule has 1 fully saturated rings. The summed E-state index contributed by atoms with van der Waals surface area (Å²) >= 11 is 0. The van der Waals surface area contributed by atoms with E-state index >= 15 is 0 Å². The van der Waals surface area contributed by atoms with Crippen LogP contribution in [0.15, 0.2) is 18.2 Å². The smallest absolute Gasteiger partial charge is 0.325 e. The van der Waals surface area contributed by atoms with Crippen LogP contribution in [0.3, 0.4) is 0 Å². The topological polar surface area (TPSA) is 99.8 Å². The summed E-state index contributed by atoms with van der Waals surface area (Å²) in [6.45, 7) is 6.17. The van der Waals surface area contributed by atoms with Gasteiger partial charge >= 0.3 is 12.0 Å². The maximum Gasteiger partial charge on any atom is 0.325 e. The third-order valence-electron chi connectivity index (χ3n) is 4.18. The second kappa shape index (κ2) is 10.4. The molecule has 3 amide bonds. The fourth-order valence-electron chi connectivity index (χ4n) is 2.90. The maximum absolute atomic E-state index is 12.6. The Kier molecular flexibility index (Phi) is 7.91. The molecule has 1 aliphatic rings. The van der Waals surface area contributed by atoms with Crippen molar-refractivity contribution in [2.45, 2.75) is 33.1 Å². The van der Waals surface area contributed by atoms with E-state index in [0.717, 1.165) is 38.0 Å². The SMILES string of the molecule is CCCNC(=O)c1cc(NC(=O)NCC(=O)OCC)ccc1N1CCCC1. The molecular weight excluding hydrogens is 348 g/mol. The van der Waals surface area contributed by atoms with Gasteiger partial charge in [0.2, 0.25) is 0 Å². The number of carbonyl (C=O) groups excluding carboxylic acids is 3. The monoisotopic (exact) mass is 376 g/mol. The molecule has 1 aromatic rings. The fourth-order valence-corrected chi connectivity index (χ4v) is 2.90. The Hall–Kier alpha value is -2.77. The first kappa shape index (κ1) is 20.5. The fraction of sp³-hybridized carbons (Fsp3) is 0.526. The Bertz CT molecular complexity index is 672. The zero-order valence-corrected chi connectivity index (χ0v) is 16.0. The maximum atomic E-state index is 12.6. The molecule has 0 unspecified atom stereocenters. The minimum Gasteiger partial charge on any atom is -0.465 e. The standard InChI is InChI=1S/C19H28N4O4/c1-3-9-20-18(25)15-12-14(7-8-16(15)23-10-5-6-11-23)22-19(26)21-13-17(24)27-4-2/h7-8,12H,3-6,9-11,13H2,1-2H3,(H,20,25)(H2,21,22,26). The number of nitrogens with one attached hydrogen (secondary N) is 3. The van der Waals surface area contributed by atoms with E-state index in [2.05, 4.69) is 20.9 Å². The highest BCUT2D eigenvalue weighted by Crippen LogP contribution is 2.27. The van der Waals surface area contributed by atoms with E-state index in [4.69, 9.17) is 4.74 Å². The average Bonchev–Trinajstić information content (AvgIpc) is 3.19. The second-order valence-corrected chi connectivity index (χ2v) is 6.29. The van der Waals surface area contributed by atoms with E-state index in [0.29, 0.717) is 17.8 Å². The lowest BCUT2D eigenvalue weighted by atomic mass is 10.1. The van der Waals surface area contributed by atoms with Crippen LogP contribution in [0.4, 0.5) is 16.2 Å². The lowest BCUT2D eigenvalue weighted by Gasteiger charge is -2.22. The molecule has 8 heteroatoms. The quantitative estimate of drug-likeness (QED) is 0.604. The van der Waals surface area contributed by atoms with Gasteiger partial charge in [0.1, 0.15) is 6.54 Å². The molecular formula is C19H28N4O4. The summed E-state index contributed by atoms with van der Waals surface area (Å²) in [5.41, 5.74) is 1.90. The average molecular weight is 376 g/mol. The summed E-state index contributed by atoms with van der Waals surface area (Å²) < 4.78 is 4.76. The van der Waals surface area contributed by atoms with Crippen LogP contribution in [0.2, 0.25) is 0 Å². The van der Waals surface area contributed by atoms with Crippen LogP contribution in [0, 0.1) is 0 Å². The first-order valence-corrected chi connectivity index (χ1v) is 9.42. The van der Waals surface area contributed by atoms with Crippen LogP contribution in [-0.4, -0.2) is 50.7 Å². The Morgan fingerprint density at radius 1 is 1.11 bits per heavy atom. The molecule has 0 atom stereocenters. The summed E-state index contributed by atoms with van der Waals surface area (Å²) in [7, 11) is 0. The van der Waals surface area contributed by atoms with Gasteiger partial charge in [-0.2, -0.15) is 0 Å². The summed E-state index contributed by atoms with van der Waals surface area (Å²) in [5, 5.41) is 7.98. The number of urea groups is 1. The molecule has 2 rings (SSSR count). The van der Waals surface area contributed by atoms with Crippen LogP contribution in [-0.2, 0) is 9.53 Å². The molecule has 1 saturated heterocycles. The number of benzene rings is 1. The number of anilines is 2. The normalized spacial score (nSPS) is 13.2. The minimum absolute atomic E-state index is 0.158. The van der Waals surface area contributed by atoms with E-state index in [1.54, 1.807) is 19.1 Å². The zero-order valence-electron chi connectivity index (χ0n) is 16.0. The van der Waals surface area contributed by atoms with Gasteiger partial charge in [0.05, 0.1) is 12.2 Å². The third-order valence-corrected chi connectivity index (χ3v) is 4.18. The first-order valence-electron chi connectivity index (χ1n) is 9.42. The molecule has 27 heavy (non-hydrogen) atoms. The summed E-state index contributed by atoms with van der Waals surface area (Å²) in [4.78, 5) is 38.1. The van der Waals surface area contributed by atoms with E-state index in [9.17, 15) is 14.4 Å². The summed E-state index contributed by atoms with van der Waals surface area (Å²) in [5.74, 6) is -0.661. The van der Waals surface area contributed by atoms with Crippen LogP contribution in [0.25, 0.3) is 0 Å². The van der Waals surface area contributed by atoms with Crippen molar-refractivity contribution in [1.82, 2.24) is 10.6 Å². The minimum atomic E-state index is -0.531. The number of ether oxygens (including phenoxy) is 1. The van der Waals surface area contributed by atoms with Crippen LogP contribution >= 0.6 is 0 Å². The molecule has 3 N–H and O–H groups in total. The number of rotatable bonds is 8. The molecule has 1 heterocycles. The van der Waals surface area contributed by atoms with Gasteiger partial charge in [-0.1, -0.05) is 6.92 Å². The van der Waals surface area contributed by atoms with Crippen molar-refractivity contribution in [3.63, 3.8) is 0 Å². The molecule has 0 saturated carbocycles. The number of nitrogens with zero attached hydrogens (tertiary/aromatic N) is 1. The molecule has 148 valence electrons. The van der Waals surface area contributed by atoms with Crippen LogP contribution < -0.4 is 20.9 Å². The van der Waals surface area contributed by atoms with Gasteiger partial charge in [-0.25, -0.2) is 4.79 Å². The third kappa shape index (κ3) is 6.16. The molecule has 0 aromatic heterocycles. The number of carbonyl (C=O) groups is 3. The number of hydrogen-bond acceptors (Lipinski definition) is 5. The highest BCUT2D eigenvalue weighted by atomic mass is 16.5. The number of esters is 1.